The number of halogens is 1. The molecule has 65 heavy (non-hydrogen) atoms. The van der Waals surface area contributed by atoms with Crippen LogP contribution in [0.15, 0.2) is 42.5 Å². The van der Waals surface area contributed by atoms with Crippen molar-refractivity contribution < 1.29 is 0 Å². The van der Waals surface area contributed by atoms with Gasteiger partial charge in [-0.25, -0.2) is 0 Å². The molecule has 3 aromatic carbocycles. The summed E-state index contributed by atoms with van der Waals surface area (Å²) in [6.45, 7) is 39.7. The Balaban J connectivity index is 1.88. The maximum absolute atomic E-state index is 5.27. The summed E-state index contributed by atoms with van der Waals surface area (Å²) < 4.78 is 0. The van der Waals surface area contributed by atoms with E-state index >= 15 is 0 Å². The first-order chi connectivity index (χ1) is 31.1. The third-order valence-corrected chi connectivity index (χ3v) is 34.1. The Labute approximate surface area is 412 Å². The molecule has 4 aliphatic carbocycles. The van der Waals surface area contributed by atoms with Crippen molar-refractivity contribution in [3.05, 3.63) is 87.0 Å². The van der Waals surface area contributed by atoms with Crippen LogP contribution in [0.4, 0.5) is 0 Å². The zero-order chi connectivity index (χ0) is 47.6. The van der Waals surface area contributed by atoms with E-state index in [9.17, 15) is 0 Å². The van der Waals surface area contributed by atoms with Gasteiger partial charge < -0.3 is 0 Å². The Morgan fingerprint density at radius 1 is 0.338 bits per heavy atom. The fraction of sp³-hybridized carbons (Fsp3) is 0.710. The molecule has 0 heterocycles. The minimum atomic E-state index is -1.44. The van der Waals surface area contributed by atoms with E-state index in [-0.39, 0.29) is 43.3 Å². The van der Waals surface area contributed by atoms with Gasteiger partial charge in [0.05, 0.1) is 7.89 Å². The second kappa shape index (κ2) is 18.7. The predicted octanol–water partition coefficient (Wildman–Crippen LogP) is 16.7. The van der Waals surface area contributed by atoms with E-state index in [1.165, 1.54) is 128 Å². The van der Waals surface area contributed by atoms with Gasteiger partial charge in [-0.15, -0.1) is 0 Å². The molecule has 4 aliphatic rings. The summed E-state index contributed by atoms with van der Waals surface area (Å²) in [6, 6.07) is 18.4. The number of fused-ring (bicyclic) bond motifs is 4. The van der Waals surface area contributed by atoms with E-state index in [0.29, 0.717) is 0 Å². The highest BCUT2D eigenvalue weighted by atomic mass is 79.9. The van der Waals surface area contributed by atoms with Crippen LogP contribution in [0.3, 0.4) is 0 Å². The molecule has 0 saturated carbocycles. The lowest BCUT2D eigenvalue weighted by Gasteiger charge is -2.38. The molecule has 3 aromatic rings. The Kier molecular flexibility index (Phi) is 14.8. The molecule has 358 valence electrons. The second-order valence-electron chi connectivity index (χ2n) is 22.9. The summed E-state index contributed by atoms with van der Waals surface area (Å²) in [5, 5.41) is 5.52. The molecule has 0 saturated heterocycles. The molecular formula is C62H95BrSi2. The lowest BCUT2D eigenvalue weighted by molar-refractivity contribution is 0.278. The Hall–Kier alpha value is -1.43. The van der Waals surface area contributed by atoms with Gasteiger partial charge in [0.15, 0.2) is 0 Å². The normalized spacial score (nSPS) is 22.0. The van der Waals surface area contributed by atoms with Crippen LogP contribution in [0.2, 0.25) is 0 Å². The van der Waals surface area contributed by atoms with Gasteiger partial charge in [0.1, 0.15) is 6.51 Å². The zero-order valence-electron chi connectivity index (χ0n) is 45.1. The van der Waals surface area contributed by atoms with Crippen LogP contribution in [0.25, 0.3) is 0 Å². The van der Waals surface area contributed by atoms with Crippen molar-refractivity contribution in [2.24, 2.45) is 0 Å². The van der Waals surface area contributed by atoms with E-state index < -0.39 is 14.4 Å². The van der Waals surface area contributed by atoms with Crippen molar-refractivity contribution in [3.8, 4) is 0 Å². The lowest BCUT2D eigenvalue weighted by atomic mass is 9.70. The van der Waals surface area contributed by atoms with Gasteiger partial charge in [0.25, 0.3) is 0 Å². The average Bonchev–Trinajstić information content (AvgIpc) is 4.04. The van der Waals surface area contributed by atoms with Crippen molar-refractivity contribution in [1.82, 2.24) is 0 Å². The fourth-order valence-corrected chi connectivity index (χ4v) is 30.4. The molecule has 0 aromatic heterocycles. The van der Waals surface area contributed by atoms with Crippen LogP contribution in [-0.2, 0) is 43.3 Å². The summed E-state index contributed by atoms with van der Waals surface area (Å²) in [5.41, 5.74) is 16.4. The van der Waals surface area contributed by atoms with Crippen molar-refractivity contribution >= 4 is 45.3 Å². The van der Waals surface area contributed by atoms with Gasteiger partial charge in [0.2, 0.25) is 0 Å². The molecular weight excluding hydrogens is 881 g/mol. The molecule has 3 heteroatoms. The minimum Gasteiger partial charge on any atom is -0.0975 e. The van der Waals surface area contributed by atoms with Crippen molar-refractivity contribution in [3.63, 3.8) is 0 Å². The Morgan fingerprint density at radius 2 is 0.569 bits per heavy atom. The molecule has 0 radical (unpaired) electrons. The van der Waals surface area contributed by atoms with Crippen LogP contribution < -0.4 is 15.6 Å². The van der Waals surface area contributed by atoms with Crippen LogP contribution in [0.1, 0.15) is 284 Å². The summed E-state index contributed by atoms with van der Waals surface area (Å²) in [5.74, 6) is 0. The quantitative estimate of drug-likeness (QED) is 0.0829. The van der Waals surface area contributed by atoms with Gasteiger partial charge in [-0.1, -0.05) is 169 Å². The van der Waals surface area contributed by atoms with Crippen LogP contribution in [0.5, 0.6) is 0 Å². The minimum absolute atomic E-state index is 0.190. The first-order valence-corrected chi connectivity index (χ1v) is 34.3. The van der Waals surface area contributed by atoms with E-state index in [2.05, 4.69) is 153 Å². The second-order valence-corrected chi connectivity index (χ2v) is 33.4. The fourth-order valence-electron chi connectivity index (χ4n) is 17.1. The van der Waals surface area contributed by atoms with E-state index in [1.807, 2.05) is 32.6 Å². The predicted molar refractivity (Wildman–Crippen MR) is 295 cm³/mol. The van der Waals surface area contributed by atoms with Gasteiger partial charge in [-0.05, 0) is 232 Å². The summed E-state index contributed by atoms with van der Waals surface area (Å²) in [7, 11) is -1.44. The molecule has 0 N–H and O–H groups in total. The molecule has 0 amide bonds. The molecule has 7 rings (SSSR count). The van der Waals surface area contributed by atoms with Crippen molar-refractivity contribution in [2.45, 2.75) is 283 Å². The van der Waals surface area contributed by atoms with Crippen molar-refractivity contribution in [2.75, 3.05) is 0 Å². The van der Waals surface area contributed by atoms with E-state index in [1.54, 1.807) is 27.4 Å². The summed E-state index contributed by atoms with van der Waals surface area (Å²) in [4.78, 5) is 0. The molecule has 0 aliphatic heterocycles. The smallest absolute Gasteiger partial charge is 0.0975 e. The molecule has 0 spiro atoms. The first kappa shape index (κ1) is 51.4. The van der Waals surface area contributed by atoms with E-state index in [4.69, 9.17) is 15.3 Å². The lowest BCUT2D eigenvalue weighted by Crippen LogP contribution is -2.53. The topological polar surface area (TPSA) is 0 Å². The molecule has 0 atom stereocenters. The molecule has 0 nitrogen and oxygen atoms in total. The van der Waals surface area contributed by atoms with Gasteiger partial charge >= 0.3 is 0 Å². The monoisotopic (exact) mass is 975 g/mol. The van der Waals surface area contributed by atoms with Crippen LogP contribution in [-0.4, -0.2) is 14.4 Å². The van der Waals surface area contributed by atoms with Gasteiger partial charge in [0, 0.05) is 0 Å². The maximum atomic E-state index is 5.27. The zero-order valence-corrected chi connectivity index (χ0v) is 48.6. The third kappa shape index (κ3) is 6.89. The first-order valence-electron chi connectivity index (χ1n) is 28.1. The van der Waals surface area contributed by atoms with Crippen LogP contribution in [0, 0.1) is 0 Å². The number of hydrogen-bond acceptors (Lipinski definition) is 0. The number of rotatable bonds is 19. The molecule has 0 fully saturated rings. The standard InChI is InChI=1S/C62H95BrSi2/c1-17-55(18-2)40-59(25-9,26-10)49-45(55)38-46-50(60(27-11,28-12)41-56(46,19-3)20-4)53(49)64(44-36-34-33-35-37-44)65(63)54-51-47(57(21-5,22-6)42-61(51,29-13)30-14)39-48-52(54)62(31-15,32-16)43-58(48,23-7)24-8/h33-39H,17-32,40-43H2,1-16H3/b65-64+. The Morgan fingerprint density at radius 3 is 0.800 bits per heavy atom. The highest BCUT2D eigenvalue weighted by Gasteiger charge is 2.59. The molecule has 0 unspecified atom stereocenters. The molecule has 0 bridgehead atoms. The largest absolute Gasteiger partial charge is 0.115 e. The average molecular weight is 977 g/mol. The highest BCUT2D eigenvalue weighted by molar-refractivity contribution is 9.25. The number of benzene rings is 3. The summed E-state index contributed by atoms with van der Waals surface area (Å²) >= 11 is 5.27. The summed E-state index contributed by atoms with van der Waals surface area (Å²) in [6.07, 6.45) is 25.1. The van der Waals surface area contributed by atoms with Gasteiger partial charge in [-0.3, -0.25) is 0 Å². The van der Waals surface area contributed by atoms with Crippen molar-refractivity contribution in [1.29, 1.82) is 0 Å². The van der Waals surface area contributed by atoms with Crippen LogP contribution >= 0.6 is 15.3 Å². The third-order valence-electron chi connectivity index (χ3n) is 22.3. The SMILES string of the molecule is CCC1(CC)CC(CC)(CC)c2c1cc1c(c2/[Si](Br)=[Si](/c2ccccc2)c2c3c(cc4c2C(CC)(CC)CC4(CC)CC)C(CC)(CC)CC3(CC)CC)C(CC)(CC)CC1(CC)CC. The maximum Gasteiger partial charge on any atom is 0.115 e. The number of hydrogen-bond donors (Lipinski definition) is 0. The van der Waals surface area contributed by atoms with E-state index in [0.717, 1.165) is 0 Å². The highest BCUT2D eigenvalue weighted by Crippen LogP contribution is 2.64. The Bertz CT molecular complexity index is 2100. The van der Waals surface area contributed by atoms with Gasteiger partial charge in [-0.2, -0.15) is 0 Å².